The van der Waals surface area contributed by atoms with Crippen molar-refractivity contribution in [3.05, 3.63) is 29.7 Å². The van der Waals surface area contributed by atoms with Crippen LogP contribution in [0.4, 0.5) is 0 Å². The van der Waals surface area contributed by atoms with E-state index >= 15 is 0 Å². The van der Waals surface area contributed by atoms with Crippen LogP contribution in [0, 0.1) is 0 Å². The number of furan rings is 1. The molecular weight excluding hydrogens is 214 g/mol. The van der Waals surface area contributed by atoms with Crippen molar-refractivity contribution >= 4 is 6.08 Å². The molecule has 0 aliphatic carbocycles. The zero-order valence-corrected chi connectivity index (χ0v) is 10.9. The van der Waals surface area contributed by atoms with Crippen LogP contribution in [0.25, 0.3) is 6.08 Å². The summed E-state index contributed by atoms with van der Waals surface area (Å²) in [6.45, 7) is 8.44. The first-order chi connectivity index (χ1) is 7.80. The minimum Gasteiger partial charge on any atom is -0.472 e. The van der Waals surface area contributed by atoms with Gasteiger partial charge in [-0.15, -0.1) is 0 Å². The molecule has 1 atom stereocenters. The smallest absolute Gasteiger partial charge is 0.0974 e. The lowest BCUT2D eigenvalue weighted by atomic mass is 9.76. The summed E-state index contributed by atoms with van der Waals surface area (Å²) in [6.07, 6.45) is 5.66. The second kappa shape index (κ2) is 4.00. The molecule has 1 fully saturated rings. The van der Waals surface area contributed by atoms with Gasteiger partial charge in [0.2, 0.25) is 0 Å². The van der Waals surface area contributed by atoms with Crippen LogP contribution in [-0.2, 0) is 0 Å². The molecule has 2 N–H and O–H groups in total. The quantitative estimate of drug-likeness (QED) is 0.786. The van der Waals surface area contributed by atoms with E-state index in [-0.39, 0.29) is 11.1 Å². The molecule has 0 spiro atoms. The second-order valence-electron chi connectivity index (χ2n) is 6.01. The Balaban J connectivity index is 2.34. The van der Waals surface area contributed by atoms with Gasteiger partial charge in [0, 0.05) is 16.6 Å². The Morgan fingerprint density at radius 2 is 2.12 bits per heavy atom. The molecule has 1 saturated heterocycles. The molecule has 17 heavy (non-hydrogen) atoms. The van der Waals surface area contributed by atoms with E-state index in [1.165, 1.54) is 0 Å². The van der Waals surface area contributed by atoms with E-state index in [1.54, 1.807) is 12.5 Å². The highest BCUT2D eigenvalue weighted by atomic mass is 16.3. The molecule has 0 amide bonds. The van der Waals surface area contributed by atoms with Crippen LogP contribution in [0.5, 0.6) is 0 Å². The largest absolute Gasteiger partial charge is 0.472 e. The van der Waals surface area contributed by atoms with Gasteiger partial charge >= 0.3 is 0 Å². The lowest BCUT2D eigenvalue weighted by Crippen LogP contribution is -2.60. The molecule has 0 aromatic carbocycles. The molecule has 2 rings (SSSR count). The van der Waals surface area contributed by atoms with Gasteiger partial charge in [-0.3, -0.25) is 0 Å². The van der Waals surface area contributed by atoms with Gasteiger partial charge in [-0.1, -0.05) is 0 Å². The lowest BCUT2D eigenvalue weighted by Gasteiger charge is -2.47. The van der Waals surface area contributed by atoms with Gasteiger partial charge in [-0.2, -0.15) is 0 Å². The third-order valence-electron chi connectivity index (χ3n) is 3.30. The average Bonchev–Trinajstić information content (AvgIpc) is 2.60. The number of aliphatic hydroxyl groups excluding tert-OH is 1. The molecule has 2 heterocycles. The Kier molecular flexibility index (Phi) is 2.92. The van der Waals surface area contributed by atoms with Crippen molar-refractivity contribution in [2.45, 2.75) is 51.3 Å². The van der Waals surface area contributed by atoms with Gasteiger partial charge in [0.05, 0.1) is 18.6 Å². The first kappa shape index (κ1) is 12.4. The Labute approximate surface area is 103 Å². The Hall–Kier alpha value is -1.06. The summed E-state index contributed by atoms with van der Waals surface area (Å²) >= 11 is 0. The molecule has 3 heteroatoms. The summed E-state index contributed by atoms with van der Waals surface area (Å²) in [7, 11) is 0. The summed E-state index contributed by atoms with van der Waals surface area (Å²) in [5.41, 5.74) is 1.75. The zero-order valence-electron chi connectivity index (χ0n) is 10.9. The normalized spacial score (nSPS) is 29.5. The molecule has 1 aliphatic heterocycles. The van der Waals surface area contributed by atoms with E-state index in [2.05, 4.69) is 33.0 Å². The number of nitrogens with one attached hydrogen (secondary N) is 1. The van der Waals surface area contributed by atoms with Gasteiger partial charge in [0.1, 0.15) is 0 Å². The Bertz CT molecular complexity index is 415. The summed E-state index contributed by atoms with van der Waals surface area (Å²) in [6, 6.07) is 1.90. The van der Waals surface area contributed by atoms with E-state index in [9.17, 15) is 5.11 Å². The van der Waals surface area contributed by atoms with Gasteiger partial charge in [-0.05, 0) is 51.8 Å². The molecule has 1 unspecified atom stereocenters. The predicted molar refractivity (Wildman–Crippen MR) is 68.6 cm³/mol. The summed E-state index contributed by atoms with van der Waals surface area (Å²) < 4.78 is 5.05. The third-order valence-corrected chi connectivity index (χ3v) is 3.30. The fourth-order valence-corrected chi connectivity index (χ4v) is 2.79. The highest BCUT2D eigenvalue weighted by Crippen LogP contribution is 2.34. The third kappa shape index (κ3) is 2.61. The lowest BCUT2D eigenvalue weighted by molar-refractivity contribution is 0.0960. The summed E-state index contributed by atoms with van der Waals surface area (Å²) in [5, 5.41) is 13.9. The Morgan fingerprint density at radius 1 is 1.41 bits per heavy atom. The van der Waals surface area contributed by atoms with Gasteiger partial charge in [0.25, 0.3) is 0 Å². The minimum atomic E-state index is -0.406. The topological polar surface area (TPSA) is 45.4 Å². The zero-order chi connectivity index (χ0) is 12.7. The molecule has 1 aliphatic rings. The van der Waals surface area contributed by atoms with Gasteiger partial charge < -0.3 is 14.8 Å². The maximum atomic E-state index is 10.3. The van der Waals surface area contributed by atoms with Crippen LogP contribution < -0.4 is 5.32 Å². The SMILES string of the molecule is CC1(C)CC(O)C(=Cc2ccoc2)C(C)(C)N1. The van der Waals surface area contributed by atoms with Crippen LogP contribution in [-0.4, -0.2) is 22.3 Å². The highest BCUT2D eigenvalue weighted by Gasteiger charge is 2.40. The fraction of sp³-hybridized carbons (Fsp3) is 0.571. The van der Waals surface area contributed by atoms with Crippen LogP contribution in [0.2, 0.25) is 0 Å². The van der Waals surface area contributed by atoms with Crippen LogP contribution >= 0.6 is 0 Å². The average molecular weight is 235 g/mol. The number of piperidine rings is 1. The van der Waals surface area contributed by atoms with Crippen molar-refractivity contribution < 1.29 is 9.52 Å². The van der Waals surface area contributed by atoms with Crippen molar-refractivity contribution in [3.63, 3.8) is 0 Å². The van der Waals surface area contributed by atoms with E-state index in [0.717, 1.165) is 17.6 Å². The van der Waals surface area contributed by atoms with E-state index in [1.807, 2.05) is 12.1 Å². The second-order valence-corrected chi connectivity index (χ2v) is 6.01. The van der Waals surface area contributed by atoms with E-state index in [4.69, 9.17) is 4.42 Å². The number of hydrogen-bond donors (Lipinski definition) is 2. The van der Waals surface area contributed by atoms with E-state index in [0.29, 0.717) is 0 Å². The first-order valence-corrected chi connectivity index (χ1v) is 6.02. The molecule has 1 aromatic rings. The maximum Gasteiger partial charge on any atom is 0.0974 e. The van der Waals surface area contributed by atoms with Crippen molar-refractivity contribution in [1.82, 2.24) is 5.32 Å². The summed E-state index contributed by atoms with van der Waals surface area (Å²) in [5.74, 6) is 0. The Morgan fingerprint density at radius 3 is 2.65 bits per heavy atom. The van der Waals surface area contributed by atoms with Crippen LogP contribution in [0.15, 0.2) is 28.6 Å². The van der Waals surface area contributed by atoms with E-state index < -0.39 is 6.10 Å². The molecule has 3 nitrogen and oxygen atoms in total. The van der Waals surface area contributed by atoms with Crippen LogP contribution in [0.1, 0.15) is 39.7 Å². The van der Waals surface area contributed by atoms with Crippen LogP contribution in [0.3, 0.4) is 0 Å². The molecule has 0 radical (unpaired) electrons. The molecule has 0 bridgehead atoms. The number of rotatable bonds is 1. The van der Waals surface area contributed by atoms with Crippen molar-refractivity contribution in [3.8, 4) is 0 Å². The standard InChI is InChI=1S/C14H21NO2/c1-13(2)8-12(16)11(14(3,4)15-13)7-10-5-6-17-9-10/h5-7,9,12,15-16H,8H2,1-4H3. The molecule has 1 aromatic heterocycles. The molecule has 0 saturated carbocycles. The first-order valence-electron chi connectivity index (χ1n) is 6.02. The monoisotopic (exact) mass is 235 g/mol. The van der Waals surface area contributed by atoms with Crippen molar-refractivity contribution in [2.24, 2.45) is 0 Å². The summed E-state index contributed by atoms with van der Waals surface area (Å²) in [4.78, 5) is 0. The van der Waals surface area contributed by atoms with Gasteiger partial charge in [0.15, 0.2) is 0 Å². The highest BCUT2D eigenvalue weighted by molar-refractivity contribution is 5.56. The number of hydrogen-bond acceptors (Lipinski definition) is 3. The molecule has 94 valence electrons. The van der Waals surface area contributed by atoms with Crippen molar-refractivity contribution in [1.29, 1.82) is 0 Å². The number of aliphatic hydroxyl groups is 1. The molecular formula is C14H21NO2. The predicted octanol–water partition coefficient (Wildman–Crippen LogP) is 2.57. The van der Waals surface area contributed by atoms with Crippen molar-refractivity contribution in [2.75, 3.05) is 0 Å². The maximum absolute atomic E-state index is 10.3. The van der Waals surface area contributed by atoms with Gasteiger partial charge in [-0.25, -0.2) is 0 Å². The fourth-order valence-electron chi connectivity index (χ4n) is 2.79. The minimum absolute atomic E-state index is 0.0450.